The molecule has 0 bridgehead atoms. The maximum atomic E-state index is 11.9. The number of H-pyrrole nitrogens is 1. The summed E-state index contributed by atoms with van der Waals surface area (Å²) in [5.41, 5.74) is 7.85. The van der Waals surface area contributed by atoms with Gasteiger partial charge in [-0.25, -0.2) is 0 Å². The Kier molecular flexibility index (Phi) is 5.32. The molecule has 1 N–H and O–H groups in total. The molecule has 2 heterocycles. The minimum Gasteiger partial charge on any atom is -0.427 e. The number of benzene rings is 3. The number of hydrogen-bond acceptors (Lipinski definition) is 3. The molecule has 0 radical (unpaired) electrons. The molecular weight excluding hydrogens is 398 g/mol. The molecule has 1 aliphatic rings. The summed E-state index contributed by atoms with van der Waals surface area (Å²) < 4.78 is 11.9. The molecule has 0 amide bonds. The van der Waals surface area contributed by atoms with Crippen LogP contribution in [0.1, 0.15) is 37.9 Å². The lowest BCUT2D eigenvalue weighted by Gasteiger charge is -2.36. The topological polar surface area (TPSA) is 51.3 Å². The van der Waals surface area contributed by atoms with Gasteiger partial charge in [-0.2, -0.15) is 0 Å². The van der Waals surface area contributed by atoms with Gasteiger partial charge in [0.2, 0.25) is 0 Å². The fraction of sp³-hybridized carbons (Fsp3) is 0.250. The van der Waals surface area contributed by atoms with E-state index in [-0.39, 0.29) is 5.97 Å². The lowest BCUT2D eigenvalue weighted by molar-refractivity contribution is -0.247. The van der Waals surface area contributed by atoms with Crippen LogP contribution < -0.4 is 0 Å². The number of hydrogen-bond donors (Lipinski definition) is 1. The summed E-state index contributed by atoms with van der Waals surface area (Å²) in [5, 5.41) is 1.19. The molecule has 1 atom stereocenters. The number of carbonyl (C=O) groups is 1. The number of aromatic nitrogens is 1. The van der Waals surface area contributed by atoms with E-state index in [0.717, 1.165) is 29.6 Å². The second-order valence-electron chi connectivity index (χ2n) is 8.35. The lowest BCUT2D eigenvalue weighted by Crippen LogP contribution is -2.39. The van der Waals surface area contributed by atoms with Gasteiger partial charge < -0.3 is 14.5 Å². The largest absolute Gasteiger partial charge is 0.427 e. The van der Waals surface area contributed by atoms with Gasteiger partial charge in [-0.1, -0.05) is 73.7 Å². The first-order valence-corrected chi connectivity index (χ1v) is 11.2. The van der Waals surface area contributed by atoms with Crippen molar-refractivity contribution in [3.8, 4) is 22.3 Å². The SMILES string of the molecule is CCCC1(OC(C)=O)OCCc2c1[nH]c1cccc(-c3ccc(-c4ccccc4)cc3)c21. The molecule has 0 saturated carbocycles. The number of nitrogens with one attached hydrogen (secondary N) is 1. The lowest BCUT2D eigenvalue weighted by atomic mass is 9.92. The zero-order chi connectivity index (χ0) is 22.1. The number of carbonyl (C=O) groups excluding carboxylic acids is 1. The normalized spacial score (nSPS) is 17.8. The molecule has 5 rings (SSSR count). The van der Waals surface area contributed by atoms with E-state index < -0.39 is 5.79 Å². The van der Waals surface area contributed by atoms with Crippen LogP contribution >= 0.6 is 0 Å². The summed E-state index contributed by atoms with van der Waals surface area (Å²) in [4.78, 5) is 15.5. The van der Waals surface area contributed by atoms with Gasteiger partial charge in [0.25, 0.3) is 5.79 Å². The molecule has 4 heteroatoms. The summed E-state index contributed by atoms with van der Waals surface area (Å²) in [6, 6.07) is 25.4. The van der Waals surface area contributed by atoms with Crippen molar-refractivity contribution in [3.63, 3.8) is 0 Å². The average molecular weight is 426 g/mol. The number of fused-ring (bicyclic) bond motifs is 3. The van der Waals surface area contributed by atoms with E-state index in [9.17, 15) is 4.79 Å². The molecule has 0 spiro atoms. The van der Waals surface area contributed by atoms with Crippen LogP contribution in [0.5, 0.6) is 0 Å². The molecule has 1 aromatic heterocycles. The number of rotatable bonds is 5. The Morgan fingerprint density at radius 2 is 1.69 bits per heavy atom. The van der Waals surface area contributed by atoms with Crippen LogP contribution in [0.4, 0.5) is 0 Å². The Morgan fingerprint density at radius 1 is 0.969 bits per heavy atom. The first-order valence-electron chi connectivity index (χ1n) is 11.2. The summed E-state index contributed by atoms with van der Waals surface area (Å²) in [6.07, 6.45) is 2.24. The molecule has 162 valence electrons. The molecule has 32 heavy (non-hydrogen) atoms. The number of ether oxygens (including phenoxy) is 2. The first kappa shape index (κ1) is 20.5. The van der Waals surface area contributed by atoms with E-state index in [1.807, 2.05) is 6.07 Å². The van der Waals surface area contributed by atoms with E-state index in [4.69, 9.17) is 9.47 Å². The molecule has 1 unspecified atom stereocenters. The van der Waals surface area contributed by atoms with Crippen molar-refractivity contribution in [2.24, 2.45) is 0 Å². The third-order valence-corrected chi connectivity index (χ3v) is 6.19. The standard InChI is InChI=1S/C28H27NO3/c1-3-17-28(32-19(2)30)27-24(16-18-31-28)26-23(10-7-11-25(26)29-27)22-14-12-21(13-15-22)20-8-5-4-6-9-20/h4-15,29H,3,16-18H2,1-2H3. The highest BCUT2D eigenvalue weighted by atomic mass is 16.7. The molecule has 3 aromatic carbocycles. The van der Waals surface area contributed by atoms with Crippen LogP contribution in [0.25, 0.3) is 33.2 Å². The van der Waals surface area contributed by atoms with Crippen molar-refractivity contribution in [1.82, 2.24) is 4.98 Å². The van der Waals surface area contributed by atoms with Crippen molar-refractivity contribution in [2.75, 3.05) is 6.61 Å². The van der Waals surface area contributed by atoms with Crippen LogP contribution in [0, 0.1) is 0 Å². The molecule has 0 saturated heterocycles. The smallest absolute Gasteiger partial charge is 0.305 e. The van der Waals surface area contributed by atoms with Crippen molar-refractivity contribution >= 4 is 16.9 Å². The van der Waals surface area contributed by atoms with Gasteiger partial charge in [-0.15, -0.1) is 0 Å². The summed E-state index contributed by atoms with van der Waals surface area (Å²) in [7, 11) is 0. The van der Waals surface area contributed by atoms with E-state index in [1.165, 1.54) is 34.6 Å². The third kappa shape index (κ3) is 3.51. The van der Waals surface area contributed by atoms with E-state index in [0.29, 0.717) is 13.0 Å². The minimum atomic E-state index is -1.04. The van der Waals surface area contributed by atoms with Crippen LogP contribution in [-0.2, 0) is 26.5 Å². The van der Waals surface area contributed by atoms with Gasteiger partial charge in [0.1, 0.15) is 0 Å². The van der Waals surface area contributed by atoms with Gasteiger partial charge >= 0.3 is 5.97 Å². The monoisotopic (exact) mass is 425 g/mol. The second kappa shape index (κ2) is 8.29. The van der Waals surface area contributed by atoms with Gasteiger partial charge in [0.05, 0.1) is 12.3 Å². The minimum absolute atomic E-state index is 0.332. The molecule has 0 fully saturated rings. The van der Waals surface area contributed by atoms with E-state index in [1.54, 1.807) is 0 Å². The van der Waals surface area contributed by atoms with Gasteiger partial charge in [0, 0.05) is 24.2 Å². The Bertz CT molecular complexity index is 1260. The Hall–Kier alpha value is -3.37. The Morgan fingerprint density at radius 3 is 2.41 bits per heavy atom. The van der Waals surface area contributed by atoms with Crippen molar-refractivity contribution in [3.05, 3.63) is 84.1 Å². The summed E-state index contributed by atoms with van der Waals surface area (Å²) >= 11 is 0. The molecule has 1 aliphatic heterocycles. The van der Waals surface area contributed by atoms with Crippen LogP contribution in [0.2, 0.25) is 0 Å². The highest BCUT2D eigenvalue weighted by Crippen LogP contribution is 2.43. The maximum absolute atomic E-state index is 11.9. The van der Waals surface area contributed by atoms with Crippen LogP contribution in [0.3, 0.4) is 0 Å². The van der Waals surface area contributed by atoms with Crippen LogP contribution in [0.15, 0.2) is 72.8 Å². The predicted octanol–water partition coefficient (Wildman–Crippen LogP) is 6.59. The van der Waals surface area contributed by atoms with Gasteiger partial charge in [-0.05, 0) is 46.7 Å². The van der Waals surface area contributed by atoms with Crippen molar-refractivity contribution < 1.29 is 14.3 Å². The second-order valence-corrected chi connectivity index (χ2v) is 8.35. The van der Waals surface area contributed by atoms with E-state index >= 15 is 0 Å². The quantitative estimate of drug-likeness (QED) is 0.367. The Balaban J connectivity index is 1.63. The first-order chi connectivity index (χ1) is 15.6. The predicted molar refractivity (Wildman–Crippen MR) is 127 cm³/mol. The summed E-state index contributed by atoms with van der Waals surface area (Å²) in [5.74, 6) is -1.37. The van der Waals surface area contributed by atoms with E-state index in [2.05, 4.69) is 78.6 Å². The highest BCUT2D eigenvalue weighted by Gasteiger charge is 2.43. The molecular formula is C28H27NO3. The summed E-state index contributed by atoms with van der Waals surface area (Å²) in [6.45, 7) is 4.04. The molecule has 4 nitrogen and oxygen atoms in total. The van der Waals surface area contributed by atoms with Crippen molar-refractivity contribution in [2.45, 2.75) is 38.9 Å². The Labute approximate surface area is 188 Å². The zero-order valence-corrected chi connectivity index (χ0v) is 18.5. The van der Waals surface area contributed by atoms with Crippen molar-refractivity contribution in [1.29, 1.82) is 0 Å². The average Bonchev–Trinajstić information content (AvgIpc) is 3.20. The zero-order valence-electron chi connectivity index (χ0n) is 18.5. The number of esters is 1. The fourth-order valence-electron chi connectivity index (χ4n) is 4.89. The van der Waals surface area contributed by atoms with Gasteiger partial charge in [0.15, 0.2) is 0 Å². The fourth-order valence-corrected chi connectivity index (χ4v) is 4.89. The number of aromatic amines is 1. The molecule has 0 aliphatic carbocycles. The van der Waals surface area contributed by atoms with Gasteiger partial charge in [-0.3, -0.25) is 4.79 Å². The maximum Gasteiger partial charge on any atom is 0.305 e. The third-order valence-electron chi connectivity index (χ3n) is 6.19. The molecule has 4 aromatic rings. The highest BCUT2D eigenvalue weighted by molar-refractivity contribution is 5.99. The van der Waals surface area contributed by atoms with Crippen LogP contribution in [-0.4, -0.2) is 17.6 Å².